The fourth-order valence-corrected chi connectivity index (χ4v) is 1.70. The summed E-state index contributed by atoms with van der Waals surface area (Å²) in [5, 5.41) is 21.9. The van der Waals surface area contributed by atoms with E-state index in [0.717, 1.165) is 24.3 Å². The molecule has 17 heavy (non-hydrogen) atoms. The van der Waals surface area contributed by atoms with Crippen LogP contribution >= 0.6 is 0 Å². The molecule has 0 unspecified atom stereocenters. The summed E-state index contributed by atoms with van der Waals surface area (Å²) in [6, 6.07) is 7.38. The van der Waals surface area contributed by atoms with Crippen LogP contribution in [0.4, 0.5) is 5.69 Å². The monoisotopic (exact) mass is 239 g/mol. The van der Waals surface area contributed by atoms with Crippen molar-refractivity contribution < 1.29 is 14.9 Å². The molecule has 0 radical (unpaired) electrons. The largest absolute Gasteiger partial charge is 0.497 e. The van der Waals surface area contributed by atoms with Crippen molar-refractivity contribution in [3.8, 4) is 5.75 Å². The first kappa shape index (κ1) is 13.8. The van der Waals surface area contributed by atoms with Crippen molar-refractivity contribution in [3.05, 3.63) is 24.3 Å². The smallest absolute Gasteiger partial charge is 0.119 e. The summed E-state index contributed by atoms with van der Waals surface area (Å²) in [7, 11) is 1.62. The number of methoxy groups -OCH3 is 1. The molecule has 3 N–H and O–H groups in total. The van der Waals surface area contributed by atoms with Gasteiger partial charge in [0.25, 0.3) is 0 Å². The van der Waals surface area contributed by atoms with Crippen LogP contribution in [0.2, 0.25) is 0 Å². The van der Waals surface area contributed by atoms with Crippen LogP contribution in [-0.4, -0.2) is 36.1 Å². The van der Waals surface area contributed by atoms with E-state index in [1.807, 2.05) is 31.2 Å². The van der Waals surface area contributed by atoms with Crippen molar-refractivity contribution in [2.24, 2.45) is 0 Å². The number of aliphatic hydroxyl groups is 2. The van der Waals surface area contributed by atoms with Gasteiger partial charge in [0.2, 0.25) is 0 Å². The molecule has 0 saturated heterocycles. The van der Waals surface area contributed by atoms with Gasteiger partial charge >= 0.3 is 0 Å². The number of ether oxygens (including phenoxy) is 1. The van der Waals surface area contributed by atoms with E-state index in [2.05, 4.69) is 5.32 Å². The lowest BCUT2D eigenvalue weighted by atomic mass is 10.1. The molecule has 0 aliphatic carbocycles. The van der Waals surface area contributed by atoms with Crippen LogP contribution in [-0.2, 0) is 0 Å². The molecule has 0 saturated carbocycles. The molecular formula is C13H21NO3. The lowest BCUT2D eigenvalue weighted by Crippen LogP contribution is -2.36. The molecule has 0 amide bonds. The Labute approximate surface area is 102 Å². The van der Waals surface area contributed by atoms with Gasteiger partial charge in [-0.2, -0.15) is 0 Å². The van der Waals surface area contributed by atoms with Crippen molar-refractivity contribution in [2.75, 3.05) is 19.0 Å². The van der Waals surface area contributed by atoms with Crippen LogP contribution in [0, 0.1) is 0 Å². The second-order valence-corrected chi connectivity index (χ2v) is 4.02. The van der Waals surface area contributed by atoms with Crippen molar-refractivity contribution in [1.29, 1.82) is 0 Å². The number of hydrogen-bond acceptors (Lipinski definition) is 4. The molecule has 0 bridgehead atoms. The fourth-order valence-electron chi connectivity index (χ4n) is 1.70. The van der Waals surface area contributed by atoms with E-state index in [0.29, 0.717) is 0 Å². The van der Waals surface area contributed by atoms with Crippen molar-refractivity contribution in [3.63, 3.8) is 0 Å². The highest BCUT2D eigenvalue weighted by molar-refractivity contribution is 5.47. The van der Waals surface area contributed by atoms with Crippen LogP contribution in [0.3, 0.4) is 0 Å². The van der Waals surface area contributed by atoms with Crippen LogP contribution in [0.5, 0.6) is 5.75 Å². The second kappa shape index (κ2) is 7.14. The van der Waals surface area contributed by atoms with E-state index in [9.17, 15) is 5.11 Å². The van der Waals surface area contributed by atoms with Crippen LogP contribution < -0.4 is 10.1 Å². The Kier molecular flexibility index (Phi) is 5.80. The van der Waals surface area contributed by atoms with E-state index in [1.165, 1.54) is 0 Å². The minimum Gasteiger partial charge on any atom is -0.497 e. The Balaban J connectivity index is 2.64. The van der Waals surface area contributed by atoms with Gasteiger partial charge in [0.15, 0.2) is 0 Å². The third-order valence-corrected chi connectivity index (χ3v) is 2.69. The van der Waals surface area contributed by atoms with Gasteiger partial charge < -0.3 is 20.3 Å². The van der Waals surface area contributed by atoms with Crippen LogP contribution in [0.25, 0.3) is 0 Å². The minimum atomic E-state index is -0.739. The van der Waals surface area contributed by atoms with Crippen molar-refractivity contribution in [2.45, 2.75) is 31.9 Å². The summed E-state index contributed by atoms with van der Waals surface area (Å²) in [4.78, 5) is 0. The summed E-state index contributed by atoms with van der Waals surface area (Å²) >= 11 is 0. The summed E-state index contributed by atoms with van der Waals surface area (Å²) in [6.07, 6.45) is 1.02. The van der Waals surface area contributed by atoms with Gasteiger partial charge in [-0.3, -0.25) is 0 Å². The Hall–Kier alpha value is -1.26. The molecule has 0 spiro atoms. The second-order valence-electron chi connectivity index (χ2n) is 4.02. The van der Waals surface area contributed by atoms with Gasteiger partial charge in [-0.05, 0) is 30.7 Å². The number of benzene rings is 1. The predicted octanol–water partition coefficient (Wildman–Crippen LogP) is 1.63. The maximum atomic E-state index is 9.67. The molecular weight excluding hydrogens is 218 g/mol. The highest BCUT2D eigenvalue weighted by Gasteiger charge is 2.17. The number of aliphatic hydroxyl groups excluding tert-OH is 2. The average Bonchev–Trinajstić information content (AvgIpc) is 2.38. The predicted molar refractivity (Wildman–Crippen MR) is 68.4 cm³/mol. The first-order valence-electron chi connectivity index (χ1n) is 5.90. The zero-order chi connectivity index (χ0) is 12.7. The molecule has 4 nitrogen and oxygen atoms in total. The summed E-state index contributed by atoms with van der Waals surface area (Å²) in [5.74, 6) is 0.797. The maximum absolute atomic E-state index is 9.67. The van der Waals surface area contributed by atoms with Gasteiger partial charge in [0, 0.05) is 5.69 Å². The van der Waals surface area contributed by atoms with Gasteiger partial charge in [-0.25, -0.2) is 0 Å². The summed E-state index contributed by atoms with van der Waals surface area (Å²) in [6.45, 7) is 1.82. The number of hydrogen-bond donors (Lipinski definition) is 3. The third-order valence-electron chi connectivity index (χ3n) is 2.69. The maximum Gasteiger partial charge on any atom is 0.119 e. The molecule has 0 aromatic heterocycles. The summed E-state index contributed by atoms with van der Waals surface area (Å²) < 4.78 is 5.07. The minimum absolute atomic E-state index is 0.126. The summed E-state index contributed by atoms with van der Waals surface area (Å²) in [5.41, 5.74) is 0.914. The van der Waals surface area contributed by atoms with Crippen molar-refractivity contribution >= 4 is 5.69 Å². The normalized spacial score (nSPS) is 14.1. The van der Waals surface area contributed by atoms with E-state index in [4.69, 9.17) is 9.84 Å². The zero-order valence-corrected chi connectivity index (χ0v) is 10.4. The Morgan fingerprint density at radius 3 is 2.41 bits per heavy atom. The first-order chi connectivity index (χ1) is 8.21. The molecule has 0 aliphatic rings. The van der Waals surface area contributed by atoms with E-state index in [-0.39, 0.29) is 12.6 Å². The van der Waals surface area contributed by atoms with Gasteiger partial charge in [0.05, 0.1) is 25.9 Å². The number of nitrogens with one attached hydrogen (secondary N) is 1. The molecule has 0 heterocycles. The SMILES string of the molecule is CCC[C@@H](Nc1ccc(OC)cc1)[C@H](O)CO. The van der Waals surface area contributed by atoms with Crippen LogP contribution in [0.1, 0.15) is 19.8 Å². The number of rotatable bonds is 7. The zero-order valence-electron chi connectivity index (χ0n) is 10.4. The molecule has 1 aromatic rings. The Morgan fingerprint density at radius 1 is 1.29 bits per heavy atom. The molecule has 1 rings (SSSR count). The Bertz CT molecular complexity index is 313. The van der Waals surface area contributed by atoms with E-state index < -0.39 is 6.10 Å². The van der Waals surface area contributed by atoms with E-state index in [1.54, 1.807) is 7.11 Å². The quantitative estimate of drug-likeness (QED) is 0.677. The molecule has 0 fully saturated rings. The lowest BCUT2D eigenvalue weighted by molar-refractivity contribution is 0.0771. The number of anilines is 1. The fraction of sp³-hybridized carbons (Fsp3) is 0.538. The standard InChI is InChI=1S/C13H21NO3/c1-3-4-12(13(16)9-15)14-10-5-7-11(17-2)8-6-10/h5-8,12-16H,3-4,9H2,1-2H3/t12-,13-/m1/s1. The lowest BCUT2D eigenvalue weighted by Gasteiger charge is -2.23. The van der Waals surface area contributed by atoms with E-state index >= 15 is 0 Å². The Morgan fingerprint density at radius 2 is 1.94 bits per heavy atom. The molecule has 96 valence electrons. The molecule has 4 heteroatoms. The highest BCUT2D eigenvalue weighted by Crippen LogP contribution is 2.17. The van der Waals surface area contributed by atoms with Gasteiger partial charge in [0.1, 0.15) is 5.75 Å². The molecule has 2 atom stereocenters. The molecule has 1 aromatic carbocycles. The molecule has 0 aliphatic heterocycles. The van der Waals surface area contributed by atoms with Crippen molar-refractivity contribution in [1.82, 2.24) is 0 Å². The van der Waals surface area contributed by atoms with Gasteiger partial charge in [-0.15, -0.1) is 0 Å². The third kappa shape index (κ3) is 4.24. The highest BCUT2D eigenvalue weighted by atomic mass is 16.5. The first-order valence-corrected chi connectivity index (χ1v) is 5.90. The van der Waals surface area contributed by atoms with Crippen LogP contribution in [0.15, 0.2) is 24.3 Å². The van der Waals surface area contributed by atoms with Gasteiger partial charge in [-0.1, -0.05) is 13.3 Å². The average molecular weight is 239 g/mol. The topological polar surface area (TPSA) is 61.7 Å².